The Balaban J connectivity index is 2.03. The number of benzene rings is 2. The molecule has 0 aliphatic rings. The van der Waals surface area contributed by atoms with Gasteiger partial charge in [-0.3, -0.25) is 4.98 Å². The molecular formula is C21H21N3O. The predicted octanol–water partition coefficient (Wildman–Crippen LogP) is 4.48. The van der Waals surface area contributed by atoms with Crippen LogP contribution in [0.2, 0.25) is 0 Å². The minimum atomic E-state index is 0.557. The summed E-state index contributed by atoms with van der Waals surface area (Å²) in [5, 5.41) is 13.9. The number of anilines is 1. The molecule has 0 fully saturated rings. The topological polar surface area (TPSA) is 57.9 Å². The third-order valence-electron chi connectivity index (χ3n) is 4.30. The summed E-state index contributed by atoms with van der Waals surface area (Å²) in [6.07, 6.45) is 1.65. The van der Waals surface area contributed by atoms with Crippen molar-refractivity contribution in [2.45, 2.75) is 27.0 Å². The summed E-state index contributed by atoms with van der Waals surface area (Å²) in [7, 11) is 1.69. The van der Waals surface area contributed by atoms with Gasteiger partial charge in [-0.05, 0) is 36.6 Å². The Morgan fingerprint density at radius 2 is 1.92 bits per heavy atom. The van der Waals surface area contributed by atoms with Gasteiger partial charge in [-0.15, -0.1) is 0 Å². The van der Waals surface area contributed by atoms with Crippen LogP contribution in [0.3, 0.4) is 0 Å². The Bertz CT molecular complexity index is 957. The third-order valence-corrected chi connectivity index (χ3v) is 4.30. The van der Waals surface area contributed by atoms with Gasteiger partial charge in [0.1, 0.15) is 6.07 Å². The number of fused-ring (bicyclic) bond motifs is 1. The first kappa shape index (κ1) is 16.9. The van der Waals surface area contributed by atoms with Gasteiger partial charge in [0.25, 0.3) is 0 Å². The van der Waals surface area contributed by atoms with Crippen molar-refractivity contribution in [1.82, 2.24) is 4.98 Å². The summed E-state index contributed by atoms with van der Waals surface area (Å²) < 4.78 is 5.28. The molecule has 1 heterocycles. The Kier molecular flexibility index (Phi) is 4.97. The zero-order valence-electron chi connectivity index (χ0n) is 14.8. The highest BCUT2D eigenvalue weighted by Crippen LogP contribution is 2.29. The molecular weight excluding hydrogens is 310 g/mol. The average molecular weight is 331 g/mol. The first-order chi connectivity index (χ1) is 12.1. The van der Waals surface area contributed by atoms with Gasteiger partial charge in [0.15, 0.2) is 0 Å². The number of hydrogen-bond donors (Lipinski definition) is 1. The molecule has 1 aromatic heterocycles. The zero-order valence-corrected chi connectivity index (χ0v) is 14.8. The van der Waals surface area contributed by atoms with Crippen LogP contribution in [0.15, 0.2) is 42.6 Å². The van der Waals surface area contributed by atoms with Gasteiger partial charge in [0, 0.05) is 25.2 Å². The lowest BCUT2D eigenvalue weighted by molar-refractivity contribution is 0.184. The van der Waals surface area contributed by atoms with Crippen molar-refractivity contribution in [2.24, 2.45) is 0 Å². The van der Waals surface area contributed by atoms with E-state index in [9.17, 15) is 5.26 Å². The molecule has 0 saturated carbocycles. The number of aromatic nitrogens is 1. The molecule has 0 atom stereocenters. The quantitative estimate of drug-likeness (QED) is 0.749. The van der Waals surface area contributed by atoms with Gasteiger partial charge in [-0.1, -0.05) is 35.9 Å². The molecule has 0 unspecified atom stereocenters. The van der Waals surface area contributed by atoms with Crippen molar-refractivity contribution in [3.05, 3.63) is 70.4 Å². The third kappa shape index (κ3) is 3.47. The molecule has 2 aromatic carbocycles. The summed E-state index contributed by atoms with van der Waals surface area (Å²) >= 11 is 0. The van der Waals surface area contributed by atoms with Crippen LogP contribution >= 0.6 is 0 Å². The highest BCUT2D eigenvalue weighted by Gasteiger charge is 2.12. The van der Waals surface area contributed by atoms with Crippen LogP contribution in [-0.4, -0.2) is 12.1 Å². The van der Waals surface area contributed by atoms with Gasteiger partial charge in [-0.2, -0.15) is 5.26 Å². The van der Waals surface area contributed by atoms with Crippen LogP contribution in [0.4, 0.5) is 5.69 Å². The minimum absolute atomic E-state index is 0.557. The molecule has 0 aliphatic heterocycles. The number of hydrogen-bond acceptors (Lipinski definition) is 4. The van der Waals surface area contributed by atoms with Crippen LogP contribution in [0, 0.1) is 25.2 Å². The second-order valence-electron chi connectivity index (χ2n) is 6.19. The normalized spacial score (nSPS) is 10.6. The summed E-state index contributed by atoms with van der Waals surface area (Å²) in [6.45, 7) is 5.30. The molecule has 0 spiro atoms. The number of nitrogens with one attached hydrogen (secondary N) is 1. The lowest BCUT2D eigenvalue weighted by atomic mass is 10.0. The fourth-order valence-corrected chi connectivity index (χ4v) is 3.15. The number of pyridine rings is 1. The number of nitriles is 1. The van der Waals surface area contributed by atoms with Gasteiger partial charge < -0.3 is 10.1 Å². The standard InChI is InChI=1S/C21H21N3O/c1-14-8-15(2)20-19(9-14)21(18(10-22)12-23-20)24-11-16-6-4-5-7-17(16)13-25-3/h4-9,12H,11,13H2,1-3H3,(H,23,24). The maximum atomic E-state index is 9.50. The maximum Gasteiger partial charge on any atom is 0.103 e. The summed E-state index contributed by atoms with van der Waals surface area (Å²) in [4.78, 5) is 4.47. The highest BCUT2D eigenvalue weighted by molar-refractivity contribution is 5.96. The molecule has 0 bridgehead atoms. The van der Waals surface area contributed by atoms with Gasteiger partial charge >= 0.3 is 0 Å². The molecule has 3 rings (SSSR count). The SMILES string of the molecule is COCc1ccccc1CNc1c(C#N)cnc2c(C)cc(C)cc12. The van der Waals surface area contributed by atoms with Gasteiger partial charge in [0.05, 0.1) is 23.4 Å². The Morgan fingerprint density at radius 3 is 2.64 bits per heavy atom. The second kappa shape index (κ2) is 7.33. The van der Waals surface area contributed by atoms with Crippen LogP contribution in [0.5, 0.6) is 0 Å². The molecule has 4 nitrogen and oxygen atoms in total. The monoisotopic (exact) mass is 331 g/mol. The molecule has 3 aromatic rings. The van der Waals surface area contributed by atoms with Crippen molar-refractivity contribution < 1.29 is 4.74 Å². The van der Waals surface area contributed by atoms with E-state index in [4.69, 9.17) is 4.74 Å². The van der Waals surface area contributed by atoms with Crippen LogP contribution in [0.25, 0.3) is 10.9 Å². The molecule has 1 N–H and O–H groups in total. The fraction of sp³-hybridized carbons (Fsp3) is 0.238. The molecule has 0 amide bonds. The first-order valence-electron chi connectivity index (χ1n) is 8.23. The van der Waals surface area contributed by atoms with E-state index in [1.165, 1.54) is 0 Å². The molecule has 0 saturated heterocycles. The average Bonchev–Trinajstić information content (AvgIpc) is 2.61. The number of nitrogens with zero attached hydrogens (tertiary/aromatic N) is 2. The Morgan fingerprint density at radius 1 is 1.16 bits per heavy atom. The maximum absolute atomic E-state index is 9.50. The van der Waals surface area contributed by atoms with Gasteiger partial charge in [-0.25, -0.2) is 0 Å². The number of rotatable bonds is 5. The predicted molar refractivity (Wildman–Crippen MR) is 100 cm³/mol. The zero-order chi connectivity index (χ0) is 17.8. The van der Waals surface area contributed by atoms with Crippen molar-refractivity contribution >= 4 is 16.6 Å². The van der Waals surface area contributed by atoms with Crippen molar-refractivity contribution in [2.75, 3.05) is 12.4 Å². The summed E-state index contributed by atoms with van der Waals surface area (Å²) in [5.41, 5.74) is 6.89. The van der Waals surface area contributed by atoms with E-state index in [0.717, 1.165) is 38.8 Å². The molecule has 0 radical (unpaired) electrons. The largest absolute Gasteiger partial charge is 0.380 e. The van der Waals surface area contributed by atoms with E-state index >= 15 is 0 Å². The lowest BCUT2D eigenvalue weighted by Gasteiger charge is -2.15. The first-order valence-corrected chi connectivity index (χ1v) is 8.23. The van der Waals surface area contributed by atoms with E-state index in [0.29, 0.717) is 18.7 Å². The van der Waals surface area contributed by atoms with Crippen molar-refractivity contribution in [1.29, 1.82) is 5.26 Å². The fourth-order valence-electron chi connectivity index (χ4n) is 3.15. The smallest absolute Gasteiger partial charge is 0.103 e. The van der Waals surface area contributed by atoms with Crippen LogP contribution in [0.1, 0.15) is 27.8 Å². The highest BCUT2D eigenvalue weighted by atomic mass is 16.5. The van der Waals surface area contributed by atoms with Gasteiger partial charge in [0.2, 0.25) is 0 Å². The van der Waals surface area contributed by atoms with E-state index in [1.807, 2.05) is 19.1 Å². The van der Waals surface area contributed by atoms with Crippen LogP contribution < -0.4 is 5.32 Å². The molecule has 4 heteroatoms. The second-order valence-corrected chi connectivity index (χ2v) is 6.19. The van der Waals surface area contributed by atoms with Crippen molar-refractivity contribution in [3.63, 3.8) is 0 Å². The van der Waals surface area contributed by atoms with E-state index in [-0.39, 0.29) is 0 Å². The number of methoxy groups -OCH3 is 1. The molecule has 25 heavy (non-hydrogen) atoms. The van der Waals surface area contributed by atoms with E-state index < -0.39 is 0 Å². The summed E-state index contributed by atoms with van der Waals surface area (Å²) in [6, 6.07) is 14.6. The van der Waals surface area contributed by atoms with Crippen LogP contribution in [-0.2, 0) is 17.9 Å². The van der Waals surface area contributed by atoms with Crippen molar-refractivity contribution in [3.8, 4) is 6.07 Å². The number of ether oxygens (including phenoxy) is 1. The molecule has 0 aliphatic carbocycles. The van der Waals surface area contributed by atoms with E-state index in [1.54, 1.807) is 13.3 Å². The minimum Gasteiger partial charge on any atom is -0.380 e. The Labute approximate surface area is 148 Å². The summed E-state index contributed by atoms with van der Waals surface area (Å²) in [5.74, 6) is 0. The molecule has 126 valence electrons. The lowest BCUT2D eigenvalue weighted by Crippen LogP contribution is -2.06. The van der Waals surface area contributed by atoms with E-state index in [2.05, 4.69) is 47.6 Å². The number of aryl methyl sites for hydroxylation is 2. The Hall–Kier alpha value is -2.90.